The maximum atomic E-state index is 13.2. The van der Waals surface area contributed by atoms with Crippen LogP contribution in [0.1, 0.15) is 19.4 Å². The normalized spacial score (nSPS) is 14.6. The maximum absolute atomic E-state index is 13.2. The minimum absolute atomic E-state index is 0.0276. The van der Waals surface area contributed by atoms with Crippen LogP contribution in [0.25, 0.3) is 11.3 Å². The molecule has 0 amide bonds. The van der Waals surface area contributed by atoms with E-state index in [1.54, 1.807) is 34.8 Å². The SMILES string of the molecule is CC(C)Oc1ccc(S(=O)(=O)N2CCN(c3ccc(-c4cocn4)c(OCc4ccccc4)c3)CC2)cc1. The molecule has 0 spiro atoms. The molecule has 0 atom stereocenters. The predicted molar refractivity (Wildman–Crippen MR) is 146 cm³/mol. The number of hydrogen-bond donors (Lipinski definition) is 0. The van der Waals surface area contributed by atoms with E-state index in [0.717, 1.165) is 16.8 Å². The van der Waals surface area contributed by atoms with E-state index in [1.165, 1.54) is 6.39 Å². The van der Waals surface area contributed by atoms with Crippen LogP contribution in [0.15, 0.2) is 94.8 Å². The third-order valence-corrected chi connectivity index (χ3v) is 8.26. The lowest BCUT2D eigenvalue weighted by molar-refractivity contribution is 0.242. The van der Waals surface area contributed by atoms with Crippen molar-refractivity contribution in [3.63, 3.8) is 0 Å². The first-order valence-electron chi connectivity index (χ1n) is 12.6. The van der Waals surface area contributed by atoms with Gasteiger partial charge in [-0.25, -0.2) is 13.4 Å². The number of aromatic nitrogens is 1. The van der Waals surface area contributed by atoms with Crippen molar-refractivity contribution in [3.05, 3.63) is 91.0 Å². The third kappa shape index (κ3) is 5.84. The molecule has 0 unspecified atom stereocenters. The molecular weight excluding hydrogens is 502 g/mol. The summed E-state index contributed by atoms with van der Waals surface area (Å²) >= 11 is 0. The Morgan fingerprint density at radius 3 is 2.34 bits per heavy atom. The first-order chi connectivity index (χ1) is 18.4. The number of sulfonamides is 1. The Bertz CT molecular complexity index is 1430. The molecule has 0 radical (unpaired) electrons. The Balaban J connectivity index is 1.29. The van der Waals surface area contributed by atoms with E-state index in [1.807, 2.05) is 62.4 Å². The molecule has 2 heterocycles. The minimum Gasteiger partial charge on any atom is -0.491 e. The van der Waals surface area contributed by atoms with E-state index in [2.05, 4.69) is 9.88 Å². The van der Waals surface area contributed by atoms with Gasteiger partial charge in [0.25, 0.3) is 0 Å². The largest absolute Gasteiger partial charge is 0.491 e. The average molecular weight is 534 g/mol. The van der Waals surface area contributed by atoms with Gasteiger partial charge in [0.15, 0.2) is 6.39 Å². The van der Waals surface area contributed by atoms with Crippen LogP contribution in [0.4, 0.5) is 5.69 Å². The smallest absolute Gasteiger partial charge is 0.243 e. The van der Waals surface area contributed by atoms with Crippen molar-refractivity contribution in [2.24, 2.45) is 0 Å². The highest BCUT2D eigenvalue weighted by molar-refractivity contribution is 7.89. The van der Waals surface area contributed by atoms with Gasteiger partial charge < -0.3 is 18.8 Å². The van der Waals surface area contributed by atoms with Gasteiger partial charge in [-0.15, -0.1) is 0 Å². The van der Waals surface area contributed by atoms with Gasteiger partial charge in [-0.3, -0.25) is 0 Å². The summed E-state index contributed by atoms with van der Waals surface area (Å²) in [6.45, 7) is 6.19. The van der Waals surface area contributed by atoms with Gasteiger partial charge in [-0.1, -0.05) is 30.3 Å². The molecule has 1 aliphatic rings. The van der Waals surface area contributed by atoms with E-state index >= 15 is 0 Å². The van der Waals surface area contributed by atoms with Gasteiger partial charge in [0.05, 0.1) is 11.0 Å². The average Bonchev–Trinajstić information content (AvgIpc) is 3.47. The fourth-order valence-corrected chi connectivity index (χ4v) is 5.84. The number of oxazole rings is 1. The number of nitrogens with zero attached hydrogens (tertiary/aromatic N) is 3. The second kappa shape index (κ2) is 11.3. The lowest BCUT2D eigenvalue weighted by Gasteiger charge is -2.35. The van der Waals surface area contributed by atoms with Crippen LogP contribution in [0, 0.1) is 0 Å². The summed E-state index contributed by atoms with van der Waals surface area (Å²) in [5.41, 5.74) is 3.56. The molecule has 9 heteroatoms. The molecule has 0 aliphatic carbocycles. The van der Waals surface area contributed by atoms with Crippen LogP contribution in [-0.4, -0.2) is 50.0 Å². The summed E-state index contributed by atoms with van der Waals surface area (Å²) in [6.07, 6.45) is 3.02. The second-order valence-electron chi connectivity index (χ2n) is 9.36. The molecule has 1 saturated heterocycles. The molecule has 5 rings (SSSR count). The standard InChI is InChI=1S/C29H31N3O5S/c1-22(2)37-25-9-11-26(12-10-25)38(33,34)32-16-14-31(15-17-32)24-8-13-27(28-20-35-21-30-28)29(18-24)36-19-23-6-4-3-5-7-23/h3-13,18,20-22H,14-17,19H2,1-2H3. The van der Waals surface area contributed by atoms with Crippen LogP contribution < -0.4 is 14.4 Å². The van der Waals surface area contributed by atoms with Crippen molar-refractivity contribution in [1.29, 1.82) is 0 Å². The van der Waals surface area contributed by atoms with Crippen molar-refractivity contribution in [1.82, 2.24) is 9.29 Å². The monoisotopic (exact) mass is 533 g/mol. The number of hydrogen-bond acceptors (Lipinski definition) is 7. The summed E-state index contributed by atoms with van der Waals surface area (Å²) in [5, 5.41) is 0. The fourth-order valence-electron chi connectivity index (χ4n) is 4.42. The van der Waals surface area contributed by atoms with E-state index in [-0.39, 0.29) is 11.0 Å². The van der Waals surface area contributed by atoms with Crippen molar-refractivity contribution in [3.8, 4) is 22.8 Å². The van der Waals surface area contributed by atoms with Crippen molar-refractivity contribution in [2.45, 2.75) is 31.5 Å². The number of piperazine rings is 1. The molecule has 0 saturated carbocycles. The van der Waals surface area contributed by atoms with Crippen LogP contribution in [0.5, 0.6) is 11.5 Å². The first kappa shape index (κ1) is 25.8. The lowest BCUT2D eigenvalue weighted by atomic mass is 10.1. The van der Waals surface area contributed by atoms with Gasteiger partial charge in [-0.05, 0) is 55.8 Å². The Hall–Kier alpha value is -3.82. The van der Waals surface area contributed by atoms with Crippen LogP contribution in [-0.2, 0) is 16.6 Å². The molecule has 3 aromatic carbocycles. The quantitative estimate of drug-likeness (QED) is 0.292. The van der Waals surface area contributed by atoms with Crippen LogP contribution in [0.3, 0.4) is 0 Å². The van der Waals surface area contributed by atoms with Gasteiger partial charge in [0.2, 0.25) is 10.0 Å². The summed E-state index contributed by atoms with van der Waals surface area (Å²) in [5.74, 6) is 1.35. The van der Waals surface area contributed by atoms with E-state index in [0.29, 0.717) is 50.0 Å². The molecule has 8 nitrogen and oxygen atoms in total. The number of ether oxygens (including phenoxy) is 2. The summed E-state index contributed by atoms with van der Waals surface area (Å²) in [7, 11) is -3.59. The van der Waals surface area contributed by atoms with Crippen molar-refractivity contribution < 1.29 is 22.3 Å². The number of anilines is 1. The highest BCUT2D eigenvalue weighted by atomic mass is 32.2. The molecule has 0 N–H and O–H groups in total. The molecule has 0 bridgehead atoms. The molecule has 1 aliphatic heterocycles. The zero-order valence-corrected chi connectivity index (χ0v) is 22.3. The maximum Gasteiger partial charge on any atom is 0.243 e. The molecule has 4 aromatic rings. The Morgan fingerprint density at radius 1 is 0.947 bits per heavy atom. The highest BCUT2D eigenvalue weighted by Gasteiger charge is 2.29. The molecule has 38 heavy (non-hydrogen) atoms. The number of rotatable bonds is 9. The first-order valence-corrected chi connectivity index (χ1v) is 14.1. The summed E-state index contributed by atoms with van der Waals surface area (Å²) < 4.78 is 45.1. The van der Waals surface area contributed by atoms with Crippen molar-refractivity contribution in [2.75, 3.05) is 31.1 Å². The molecule has 198 valence electrons. The topological polar surface area (TPSA) is 85.1 Å². The molecule has 1 aromatic heterocycles. The van der Waals surface area contributed by atoms with Crippen LogP contribution in [0.2, 0.25) is 0 Å². The Labute approximate surface area is 223 Å². The second-order valence-corrected chi connectivity index (χ2v) is 11.3. The van der Waals surface area contributed by atoms with Crippen LogP contribution >= 0.6 is 0 Å². The van der Waals surface area contributed by atoms with Gasteiger partial charge in [0.1, 0.15) is 30.1 Å². The van der Waals surface area contributed by atoms with E-state index in [9.17, 15) is 8.42 Å². The molecular formula is C29H31N3O5S. The zero-order valence-electron chi connectivity index (χ0n) is 21.5. The van der Waals surface area contributed by atoms with Gasteiger partial charge >= 0.3 is 0 Å². The highest BCUT2D eigenvalue weighted by Crippen LogP contribution is 2.34. The zero-order chi connectivity index (χ0) is 26.5. The summed E-state index contributed by atoms with van der Waals surface area (Å²) in [6, 6.07) is 22.6. The Morgan fingerprint density at radius 2 is 1.68 bits per heavy atom. The molecule has 1 fully saturated rings. The summed E-state index contributed by atoms with van der Waals surface area (Å²) in [4.78, 5) is 6.74. The number of benzene rings is 3. The lowest BCUT2D eigenvalue weighted by Crippen LogP contribution is -2.48. The van der Waals surface area contributed by atoms with E-state index in [4.69, 9.17) is 13.9 Å². The third-order valence-electron chi connectivity index (χ3n) is 6.35. The van der Waals surface area contributed by atoms with Crippen molar-refractivity contribution >= 4 is 15.7 Å². The Kier molecular flexibility index (Phi) is 7.67. The van der Waals surface area contributed by atoms with Gasteiger partial charge in [-0.2, -0.15) is 4.31 Å². The minimum atomic E-state index is -3.59. The predicted octanol–water partition coefficient (Wildman–Crippen LogP) is 5.22. The fraction of sp³-hybridized carbons (Fsp3) is 0.276. The van der Waals surface area contributed by atoms with E-state index < -0.39 is 10.0 Å². The van der Waals surface area contributed by atoms with Gasteiger partial charge in [0, 0.05) is 43.5 Å².